The zero-order valence-electron chi connectivity index (χ0n) is 13.0. The largest absolute Gasteiger partial charge is 0.496 e. The Labute approximate surface area is 130 Å². The average Bonchev–Trinajstić information content (AvgIpc) is 3.34. The number of carbonyl (C=O) groups excluding carboxylic acids is 1. The molecular weight excluding hydrogens is 284 g/mol. The van der Waals surface area contributed by atoms with Crippen molar-refractivity contribution < 1.29 is 23.7 Å². The third-order valence-electron chi connectivity index (χ3n) is 3.19. The molecule has 1 aliphatic rings. The van der Waals surface area contributed by atoms with E-state index in [0.29, 0.717) is 19.0 Å². The van der Waals surface area contributed by atoms with Crippen LogP contribution in [-0.4, -0.2) is 26.3 Å². The molecule has 1 aromatic rings. The van der Waals surface area contributed by atoms with Crippen LogP contribution in [0.5, 0.6) is 5.75 Å². The molecule has 1 aromatic carbocycles. The van der Waals surface area contributed by atoms with Crippen LogP contribution >= 0.6 is 0 Å². The standard InChI is InChI=1S/C17H20O5/c1-4-20-17(18)9-8-15-14(6-5-7-16(15)19-3)12(2)21-10-13-11-22-13/h5-9,11-12H,4,10H2,1-3H3/b9-8+/t12-/m1/s1. The summed E-state index contributed by atoms with van der Waals surface area (Å²) in [7, 11) is 1.59. The number of hydrogen-bond donors (Lipinski definition) is 0. The quantitative estimate of drug-likeness (QED) is 0.545. The van der Waals surface area contributed by atoms with Crippen LogP contribution in [0.4, 0.5) is 0 Å². The van der Waals surface area contributed by atoms with Crippen LogP contribution in [0.15, 0.2) is 36.3 Å². The first-order chi connectivity index (χ1) is 10.7. The van der Waals surface area contributed by atoms with E-state index in [-0.39, 0.29) is 12.1 Å². The molecule has 0 aliphatic carbocycles. The van der Waals surface area contributed by atoms with Crippen molar-refractivity contribution in [1.29, 1.82) is 0 Å². The molecule has 0 N–H and O–H groups in total. The van der Waals surface area contributed by atoms with E-state index in [1.165, 1.54) is 6.08 Å². The van der Waals surface area contributed by atoms with Crippen LogP contribution in [0.2, 0.25) is 0 Å². The van der Waals surface area contributed by atoms with E-state index in [0.717, 1.165) is 16.9 Å². The molecule has 0 saturated heterocycles. The second-order valence-electron chi connectivity index (χ2n) is 4.70. The minimum Gasteiger partial charge on any atom is -0.496 e. The van der Waals surface area contributed by atoms with Crippen molar-refractivity contribution in [2.24, 2.45) is 0 Å². The summed E-state index contributed by atoms with van der Waals surface area (Å²) < 4.78 is 21.0. The highest BCUT2D eigenvalue weighted by Crippen LogP contribution is 2.30. The van der Waals surface area contributed by atoms with E-state index >= 15 is 0 Å². The molecular formula is C17H20O5. The van der Waals surface area contributed by atoms with Crippen LogP contribution in [-0.2, 0) is 19.0 Å². The number of esters is 1. The van der Waals surface area contributed by atoms with E-state index in [1.807, 2.05) is 25.1 Å². The van der Waals surface area contributed by atoms with Gasteiger partial charge in [-0.25, -0.2) is 4.79 Å². The Morgan fingerprint density at radius 3 is 2.82 bits per heavy atom. The van der Waals surface area contributed by atoms with Gasteiger partial charge in [0.15, 0.2) is 5.76 Å². The molecule has 0 amide bonds. The van der Waals surface area contributed by atoms with Crippen LogP contribution < -0.4 is 4.74 Å². The van der Waals surface area contributed by atoms with E-state index in [1.54, 1.807) is 26.4 Å². The lowest BCUT2D eigenvalue weighted by Crippen LogP contribution is -2.05. The Morgan fingerprint density at radius 1 is 1.41 bits per heavy atom. The SMILES string of the molecule is CCOC(=O)/C=C/c1c(OC)cccc1[C@@H](C)OCC1=CO1. The molecule has 0 radical (unpaired) electrons. The Morgan fingerprint density at radius 2 is 2.18 bits per heavy atom. The van der Waals surface area contributed by atoms with Gasteiger partial charge in [-0.1, -0.05) is 12.1 Å². The van der Waals surface area contributed by atoms with Crippen LogP contribution in [0.25, 0.3) is 6.08 Å². The molecule has 2 rings (SSSR count). The zero-order valence-corrected chi connectivity index (χ0v) is 13.0. The third-order valence-corrected chi connectivity index (χ3v) is 3.19. The Balaban J connectivity index is 2.19. The van der Waals surface area contributed by atoms with Gasteiger partial charge in [0.25, 0.3) is 0 Å². The maximum absolute atomic E-state index is 11.5. The van der Waals surface area contributed by atoms with Gasteiger partial charge in [0.1, 0.15) is 18.6 Å². The summed E-state index contributed by atoms with van der Waals surface area (Å²) >= 11 is 0. The molecule has 0 fully saturated rings. The van der Waals surface area contributed by atoms with Crippen molar-refractivity contribution in [2.45, 2.75) is 20.0 Å². The van der Waals surface area contributed by atoms with Crippen molar-refractivity contribution in [3.05, 3.63) is 47.4 Å². The maximum atomic E-state index is 11.5. The lowest BCUT2D eigenvalue weighted by Gasteiger charge is -2.17. The molecule has 118 valence electrons. The molecule has 0 bridgehead atoms. The molecule has 0 unspecified atom stereocenters. The van der Waals surface area contributed by atoms with Gasteiger partial charge in [0.05, 0.1) is 19.8 Å². The van der Waals surface area contributed by atoms with Crippen molar-refractivity contribution in [3.8, 4) is 5.75 Å². The first-order valence-electron chi connectivity index (χ1n) is 7.14. The summed E-state index contributed by atoms with van der Waals surface area (Å²) in [5, 5.41) is 0. The minimum absolute atomic E-state index is 0.165. The molecule has 1 atom stereocenters. The lowest BCUT2D eigenvalue weighted by atomic mass is 10.0. The fraction of sp³-hybridized carbons (Fsp3) is 0.353. The predicted octanol–water partition coefficient (Wildman–Crippen LogP) is 3.22. The highest BCUT2D eigenvalue weighted by atomic mass is 16.6. The monoisotopic (exact) mass is 304 g/mol. The normalized spacial score (nSPS) is 14.2. The van der Waals surface area contributed by atoms with Crippen LogP contribution in [0, 0.1) is 0 Å². The lowest BCUT2D eigenvalue weighted by molar-refractivity contribution is -0.137. The highest BCUT2D eigenvalue weighted by molar-refractivity contribution is 5.88. The zero-order chi connectivity index (χ0) is 15.9. The fourth-order valence-electron chi connectivity index (χ4n) is 2.02. The Bertz CT molecular complexity index is 589. The molecule has 1 aliphatic heterocycles. The number of carbonyl (C=O) groups is 1. The van der Waals surface area contributed by atoms with E-state index in [2.05, 4.69) is 0 Å². The average molecular weight is 304 g/mol. The van der Waals surface area contributed by atoms with Crippen molar-refractivity contribution in [1.82, 2.24) is 0 Å². The molecule has 5 nitrogen and oxygen atoms in total. The molecule has 1 heterocycles. The molecule has 0 spiro atoms. The highest BCUT2D eigenvalue weighted by Gasteiger charge is 2.17. The van der Waals surface area contributed by atoms with Gasteiger partial charge in [0, 0.05) is 11.6 Å². The van der Waals surface area contributed by atoms with Crippen LogP contribution in [0.3, 0.4) is 0 Å². The van der Waals surface area contributed by atoms with Gasteiger partial charge in [-0.3, -0.25) is 0 Å². The maximum Gasteiger partial charge on any atom is 0.330 e. The number of methoxy groups -OCH3 is 1. The summed E-state index contributed by atoms with van der Waals surface area (Å²) in [6.45, 7) is 4.49. The van der Waals surface area contributed by atoms with E-state index < -0.39 is 0 Å². The molecule has 22 heavy (non-hydrogen) atoms. The van der Waals surface area contributed by atoms with Gasteiger partial charge in [0.2, 0.25) is 0 Å². The van der Waals surface area contributed by atoms with Crippen molar-refractivity contribution in [3.63, 3.8) is 0 Å². The van der Waals surface area contributed by atoms with Gasteiger partial charge in [-0.05, 0) is 31.6 Å². The summed E-state index contributed by atoms with van der Waals surface area (Å²) in [6, 6.07) is 5.68. The Kier molecular flexibility index (Phi) is 5.61. The second kappa shape index (κ2) is 7.66. The van der Waals surface area contributed by atoms with E-state index in [4.69, 9.17) is 18.9 Å². The molecule has 0 aromatic heterocycles. The van der Waals surface area contributed by atoms with Crippen molar-refractivity contribution >= 4 is 12.0 Å². The third kappa shape index (κ3) is 4.36. The van der Waals surface area contributed by atoms with Gasteiger partial charge < -0.3 is 18.9 Å². The smallest absolute Gasteiger partial charge is 0.330 e. The van der Waals surface area contributed by atoms with Gasteiger partial charge >= 0.3 is 5.97 Å². The number of ether oxygens (including phenoxy) is 4. The number of rotatable bonds is 8. The summed E-state index contributed by atoms with van der Waals surface area (Å²) in [5.74, 6) is 1.12. The molecule has 5 heteroatoms. The summed E-state index contributed by atoms with van der Waals surface area (Å²) in [6.07, 6.45) is 4.57. The van der Waals surface area contributed by atoms with Crippen LogP contribution in [0.1, 0.15) is 31.1 Å². The number of benzene rings is 1. The first kappa shape index (κ1) is 16.1. The number of hydrogen-bond acceptors (Lipinski definition) is 5. The predicted molar refractivity (Wildman–Crippen MR) is 82.2 cm³/mol. The Hall–Kier alpha value is -2.27. The topological polar surface area (TPSA) is 57.3 Å². The van der Waals surface area contributed by atoms with Gasteiger partial charge in [-0.2, -0.15) is 0 Å². The minimum atomic E-state index is -0.385. The molecule has 0 saturated carbocycles. The second-order valence-corrected chi connectivity index (χ2v) is 4.70. The fourth-order valence-corrected chi connectivity index (χ4v) is 2.02. The van der Waals surface area contributed by atoms with E-state index in [9.17, 15) is 4.79 Å². The van der Waals surface area contributed by atoms with Gasteiger partial charge in [-0.15, -0.1) is 0 Å². The summed E-state index contributed by atoms with van der Waals surface area (Å²) in [5.41, 5.74) is 1.73. The summed E-state index contributed by atoms with van der Waals surface area (Å²) in [4.78, 5) is 11.5. The van der Waals surface area contributed by atoms with Crippen molar-refractivity contribution in [2.75, 3.05) is 20.3 Å². The first-order valence-corrected chi connectivity index (χ1v) is 7.14.